The molecule has 5 nitrogen and oxygen atoms in total. The largest absolute Gasteiger partial charge is 0.497 e. The number of hydrogen-bond acceptors (Lipinski definition) is 3. The van der Waals surface area contributed by atoms with Crippen molar-refractivity contribution in [2.75, 3.05) is 7.11 Å². The van der Waals surface area contributed by atoms with Crippen LogP contribution in [0, 0.1) is 0 Å². The Bertz CT molecular complexity index is 1030. The lowest BCUT2D eigenvalue weighted by Gasteiger charge is -2.20. The third-order valence-corrected chi connectivity index (χ3v) is 5.94. The molecule has 1 aromatic carbocycles. The van der Waals surface area contributed by atoms with Crippen molar-refractivity contribution in [3.8, 4) is 16.9 Å². The molecule has 0 spiro atoms. The number of Topliss-reactive ketones (excluding diaryl/α,β-unsaturated/α-hetero) is 1. The molecule has 3 aromatic rings. The number of nitrogens with zero attached hydrogens (tertiary/aromatic N) is 1. The predicted molar refractivity (Wildman–Crippen MR) is 118 cm³/mol. The van der Waals surface area contributed by atoms with E-state index in [2.05, 4.69) is 5.32 Å². The van der Waals surface area contributed by atoms with Crippen molar-refractivity contribution < 1.29 is 14.3 Å². The molecule has 2 heterocycles. The van der Waals surface area contributed by atoms with Crippen LogP contribution in [0.2, 0.25) is 0 Å². The molecule has 0 atom stereocenters. The van der Waals surface area contributed by atoms with Crippen molar-refractivity contribution >= 4 is 17.2 Å². The number of benzene rings is 1. The smallest absolute Gasteiger partial charge is 0.294 e. The second kappa shape index (κ2) is 9.16. The number of hydrogen-bond donors (Lipinski definition) is 1. The normalized spacial score (nSPS) is 15.4. The number of fused-ring (bicyclic) bond motifs is 1. The Morgan fingerprint density at radius 1 is 0.967 bits per heavy atom. The van der Waals surface area contributed by atoms with E-state index in [0.29, 0.717) is 5.69 Å². The molecule has 1 fully saturated rings. The Labute approximate surface area is 177 Å². The lowest BCUT2D eigenvalue weighted by Crippen LogP contribution is -2.40. The molecule has 0 radical (unpaired) electrons. The molecular weight excluding hydrogens is 376 g/mol. The molecule has 156 valence electrons. The summed E-state index contributed by atoms with van der Waals surface area (Å²) in [5, 5.41) is 3.01. The Kier molecular flexibility index (Phi) is 6.17. The van der Waals surface area contributed by atoms with Crippen LogP contribution in [0.4, 0.5) is 0 Å². The maximum Gasteiger partial charge on any atom is 0.294 e. The number of methoxy groups -OCH3 is 1. The number of rotatable bonds is 5. The van der Waals surface area contributed by atoms with E-state index in [-0.39, 0.29) is 6.04 Å². The monoisotopic (exact) mass is 404 g/mol. The second-order valence-electron chi connectivity index (χ2n) is 7.98. The lowest BCUT2D eigenvalue weighted by atomic mass is 9.96. The molecule has 5 heteroatoms. The van der Waals surface area contributed by atoms with Gasteiger partial charge in [-0.3, -0.25) is 9.59 Å². The van der Waals surface area contributed by atoms with Crippen molar-refractivity contribution in [1.29, 1.82) is 0 Å². The summed E-state index contributed by atoms with van der Waals surface area (Å²) in [6, 6.07) is 15.3. The van der Waals surface area contributed by atoms with Gasteiger partial charge in [0.05, 0.1) is 7.11 Å². The zero-order valence-electron chi connectivity index (χ0n) is 17.4. The molecule has 30 heavy (non-hydrogen) atoms. The first-order chi connectivity index (χ1) is 14.7. The number of ether oxygens (including phenoxy) is 1. The third kappa shape index (κ3) is 4.25. The standard InChI is InChI=1S/C25H28N2O3/c1-30-21-14-12-18(13-15-21)22-17-20-11-7-8-16-27(20)23(22)24(28)25(29)26-19-9-5-3-2-4-6-10-19/h7-8,11-17,19H,2-6,9-10H2,1H3,(H,26,29). The molecule has 0 bridgehead atoms. The zero-order chi connectivity index (χ0) is 20.9. The third-order valence-electron chi connectivity index (χ3n) is 5.94. The Morgan fingerprint density at radius 3 is 2.37 bits per heavy atom. The van der Waals surface area contributed by atoms with Gasteiger partial charge in [0.15, 0.2) is 0 Å². The van der Waals surface area contributed by atoms with E-state index in [1.165, 1.54) is 19.3 Å². The molecule has 0 aliphatic heterocycles. The predicted octanol–water partition coefficient (Wildman–Crippen LogP) is 5.03. The van der Waals surface area contributed by atoms with Crippen LogP contribution in [0.1, 0.15) is 55.4 Å². The first-order valence-corrected chi connectivity index (χ1v) is 10.8. The van der Waals surface area contributed by atoms with E-state index in [1.807, 2.05) is 54.7 Å². The average Bonchev–Trinajstić information content (AvgIpc) is 3.14. The Morgan fingerprint density at radius 2 is 1.67 bits per heavy atom. The van der Waals surface area contributed by atoms with Gasteiger partial charge in [0, 0.05) is 23.3 Å². The van der Waals surface area contributed by atoms with Crippen LogP contribution in [0.25, 0.3) is 16.6 Å². The average molecular weight is 405 g/mol. The van der Waals surface area contributed by atoms with E-state index in [0.717, 1.165) is 48.1 Å². The minimum absolute atomic E-state index is 0.0809. The minimum atomic E-state index is -0.515. The summed E-state index contributed by atoms with van der Waals surface area (Å²) in [5.74, 6) is -0.259. The van der Waals surface area contributed by atoms with Crippen molar-refractivity contribution in [1.82, 2.24) is 9.72 Å². The first-order valence-electron chi connectivity index (χ1n) is 10.8. The summed E-state index contributed by atoms with van der Waals surface area (Å²) in [7, 11) is 1.62. The van der Waals surface area contributed by atoms with Gasteiger partial charge in [0.1, 0.15) is 11.4 Å². The number of carbonyl (C=O) groups is 2. The Hall–Kier alpha value is -3.08. The SMILES string of the molecule is COc1ccc(-c2cc3ccccn3c2C(=O)C(=O)NC2CCCCCCC2)cc1. The van der Waals surface area contributed by atoms with E-state index in [4.69, 9.17) is 4.74 Å². The van der Waals surface area contributed by atoms with Crippen LogP contribution in [0.5, 0.6) is 5.75 Å². The summed E-state index contributed by atoms with van der Waals surface area (Å²) in [6.45, 7) is 0. The molecule has 1 N–H and O–H groups in total. The number of amides is 1. The van der Waals surface area contributed by atoms with Gasteiger partial charge in [0.2, 0.25) is 0 Å². The fourth-order valence-electron chi connectivity index (χ4n) is 4.30. The molecule has 2 aromatic heterocycles. The Balaban J connectivity index is 1.66. The highest BCUT2D eigenvalue weighted by Crippen LogP contribution is 2.30. The van der Waals surface area contributed by atoms with Crippen molar-refractivity contribution in [2.24, 2.45) is 0 Å². The van der Waals surface area contributed by atoms with Gasteiger partial charge in [0.25, 0.3) is 11.7 Å². The maximum absolute atomic E-state index is 13.3. The molecule has 0 saturated heterocycles. The summed E-state index contributed by atoms with van der Waals surface area (Å²) in [6.07, 6.45) is 9.59. The maximum atomic E-state index is 13.3. The van der Waals surface area contributed by atoms with Crippen LogP contribution >= 0.6 is 0 Å². The van der Waals surface area contributed by atoms with E-state index in [9.17, 15) is 9.59 Å². The lowest BCUT2D eigenvalue weighted by molar-refractivity contribution is -0.117. The van der Waals surface area contributed by atoms with Gasteiger partial charge in [-0.15, -0.1) is 0 Å². The summed E-state index contributed by atoms with van der Waals surface area (Å²) in [5.41, 5.74) is 2.91. The van der Waals surface area contributed by atoms with E-state index < -0.39 is 11.7 Å². The van der Waals surface area contributed by atoms with Crippen LogP contribution in [0.15, 0.2) is 54.7 Å². The molecular formula is C25H28N2O3. The quantitative estimate of drug-likeness (QED) is 0.479. The molecule has 0 unspecified atom stereocenters. The van der Waals surface area contributed by atoms with Crippen LogP contribution < -0.4 is 10.1 Å². The number of ketones is 1. The highest BCUT2D eigenvalue weighted by atomic mass is 16.5. The second-order valence-corrected chi connectivity index (χ2v) is 7.98. The van der Waals surface area contributed by atoms with E-state index >= 15 is 0 Å². The number of nitrogens with one attached hydrogen (secondary N) is 1. The van der Waals surface area contributed by atoms with Crippen LogP contribution in [-0.4, -0.2) is 29.2 Å². The minimum Gasteiger partial charge on any atom is -0.497 e. The van der Waals surface area contributed by atoms with Crippen LogP contribution in [0.3, 0.4) is 0 Å². The number of aromatic nitrogens is 1. The van der Waals surface area contributed by atoms with Gasteiger partial charge in [-0.05, 0) is 48.7 Å². The highest BCUT2D eigenvalue weighted by Gasteiger charge is 2.26. The van der Waals surface area contributed by atoms with Crippen molar-refractivity contribution in [2.45, 2.75) is 51.0 Å². The molecule has 1 amide bonds. The number of carbonyl (C=O) groups excluding carboxylic acids is 2. The zero-order valence-corrected chi connectivity index (χ0v) is 17.4. The van der Waals surface area contributed by atoms with E-state index in [1.54, 1.807) is 11.5 Å². The first kappa shape index (κ1) is 20.2. The summed E-state index contributed by atoms with van der Waals surface area (Å²) < 4.78 is 7.05. The molecule has 1 aliphatic rings. The fraction of sp³-hybridized carbons (Fsp3) is 0.360. The fourth-order valence-corrected chi connectivity index (χ4v) is 4.30. The van der Waals surface area contributed by atoms with Gasteiger partial charge in [-0.25, -0.2) is 0 Å². The van der Waals surface area contributed by atoms with Gasteiger partial charge in [-0.2, -0.15) is 0 Å². The molecule has 1 saturated carbocycles. The van der Waals surface area contributed by atoms with Crippen molar-refractivity contribution in [3.63, 3.8) is 0 Å². The summed E-state index contributed by atoms with van der Waals surface area (Å²) >= 11 is 0. The topological polar surface area (TPSA) is 59.8 Å². The van der Waals surface area contributed by atoms with Crippen LogP contribution in [-0.2, 0) is 4.79 Å². The highest BCUT2D eigenvalue weighted by molar-refractivity contribution is 6.43. The molecule has 1 aliphatic carbocycles. The molecule has 4 rings (SSSR count). The number of pyridine rings is 1. The van der Waals surface area contributed by atoms with Gasteiger partial charge in [-0.1, -0.05) is 50.3 Å². The van der Waals surface area contributed by atoms with Crippen molar-refractivity contribution in [3.05, 3.63) is 60.4 Å². The summed E-state index contributed by atoms with van der Waals surface area (Å²) in [4.78, 5) is 26.2. The van der Waals surface area contributed by atoms with Gasteiger partial charge < -0.3 is 14.5 Å². The van der Waals surface area contributed by atoms with Gasteiger partial charge >= 0.3 is 0 Å².